The third kappa shape index (κ3) is 4.17. The first-order valence-electron chi connectivity index (χ1n) is 9.66. The Kier molecular flexibility index (Phi) is 5.63. The highest BCUT2D eigenvalue weighted by molar-refractivity contribution is 6.22. The van der Waals surface area contributed by atoms with Crippen molar-refractivity contribution in [3.63, 3.8) is 0 Å². The van der Waals surface area contributed by atoms with Gasteiger partial charge in [-0.2, -0.15) is 5.10 Å². The van der Waals surface area contributed by atoms with Crippen LogP contribution in [0.4, 0.5) is 19.0 Å². The predicted molar refractivity (Wildman–Crippen MR) is 109 cm³/mol. The molecule has 3 atom stereocenters. The van der Waals surface area contributed by atoms with Gasteiger partial charge in [-0.05, 0) is 31.2 Å². The summed E-state index contributed by atoms with van der Waals surface area (Å²) in [5.41, 5.74) is -0.948. The Balaban J connectivity index is 1.73. The van der Waals surface area contributed by atoms with Crippen molar-refractivity contribution in [2.24, 2.45) is 0 Å². The molecular formula is C20H19ClF3N5O3. The van der Waals surface area contributed by atoms with Crippen LogP contribution in [0.25, 0.3) is 5.65 Å². The van der Waals surface area contributed by atoms with Gasteiger partial charge in [0.05, 0.1) is 24.9 Å². The van der Waals surface area contributed by atoms with Gasteiger partial charge in [0.2, 0.25) is 0 Å². The number of phenols is 1. The van der Waals surface area contributed by atoms with Crippen LogP contribution in [0.3, 0.4) is 0 Å². The van der Waals surface area contributed by atoms with E-state index in [1.807, 2.05) is 0 Å². The molecule has 12 heteroatoms. The highest BCUT2D eigenvalue weighted by Gasteiger charge is 2.47. The van der Waals surface area contributed by atoms with E-state index < -0.39 is 48.3 Å². The standard InChI is InChI=1S/C20H19ClF3N5O3/c1-10(30)17(21)27-19(32)13-8-25-29-5-4-16(26-18(13)29)28-9-20(23,24)7-14(28)12-6-11(22)2-3-15(12)31/h2-6,8,10,14,17,30-31H,7,9H2,1H3,(H,27,32)/t10-,14?,17?/m0/s1. The summed E-state index contributed by atoms with van der Waals surface area (Å²) in [5.74, 6) is -4.65. The van der Waals surface area contributed by atoms with Gasteiger partial charge in [-0.25, -0.2) is 22.7 Å². The van der Waals surface area contributed by atoms with Gasteiger partial charge in [0.15, 0.2) is 5.65 Å². The molecule has 1 saturated heterocycles. The van der Waals surface area contributed by atoms with Crippen molar-refractivity contribution in [2.75, 3.05) is 11.4 Å². The van der Waals surface area contributed by atoms with E-state index in [9.17, 15) is 28.2 Å². The molecule has 1 aliphatic rings. The van der Waals surface area contributed by atoms with E-state index >= 15 is 0 Å². The Morgan fingerprint density at radius 2 is 2.12 bits per heavy atom. The number of hydrogen-bond acceptors (Lipinski definition) is 6. The molecule has 0 aliphatic carbocycles. The molecular weight excluding hydrogens is 451 g/mol. The normalized spacial score (nSPS) is 19.8. The number of anilines is 1. The van der Waals surface area contributed by atoms with E-state index in [2.05, 4.69) is 15.4 Å². The summed E-state index contributed by atoms with van der Waals surface area (Å²) in [4.78, 5) is 18.1. The van der Waals surface area contributed by atoms with E-state index in [1.165, 1.54) is 34.8 Å². The highest BCUT2D eigenvalue weighted by Crippen LogP contribution is 2.45. The minimum Gasteiger partial charge on any atom is -0.508 e. The van der Waals surface area contributed by atoms with Crippen molar-refractivity contribution in [3.8, 4) is 5.75 Å². The molecule has 1 amide bonds. The van der Waals surface area contributed by atoms with Crippen molar-refractivity contribution in [1.29, 1.82) is 0 Å². The maximum Gasteiger partial charge on any atom is 0.267 e. The summed E-state index contributed by atoms with van der Waals surface area (Å²) in [6.07, 6.45) is 1.02. The monoisotopic (exact) mass is 469 g/mol. The lowest BCUT2D eigenvalue weighted by Gasteiger charge is -2.26. The topological polar surface area (TPSA) is 103 Å². The van der Waals surface area contributed by atoms with E-state index in [1.54, 1.807) is 0 Å². The average molecular weight is 470 g/mol. The van der Waals surface area contributed by atoms with Crippen molar-refractivity contribution >= 4 is 29.0 Å². The zero-order valence-corrected chi connectivity index (χ0v) is 17.5. The molecule has 1 fully saturated rings. The van der Waals surface area contributed by atoms with Crippen molar-refractivity contribution < 1.29 is 28.2 Å². The minimum absolute atomic E-state index is 0.0113. The van der Waals surface area contributed by atoms with Crippen LogP contribution in [0, 0.1) is 5.82 Å². The predicted octanol–water partition coefficient (Wildman–Crippen LogP) is 2.84. The van der Waals surface area contributed by atoms with E-state index in [-0.39, 0.29) is 28.3 Å². The fraction of sp³-hybridized carbons (Fsp3) is 0.350. The number of aliphatic hydroxyl groups is 1. The number of alkyl halides is 3. The number of carbonyl (C=O) groups excluding carboxylic acids is 1. The summed E-state index contributed by atoms with van der Waals surface area (Å²) in [6, 6.07) is 3.56. The second-order valence-electron chi connectivity index (χ2n) is 7.63. The number of aromatic nitrogens is 3. The first-order chi connectivity index (χ1) is 15.1. The van der Waals surface area contributed by atoms with Gasteiger partial charge in [0.25, 0.3) is 11.8 Å². The zero-order chi connectivity index (χ0) is 23.2. The third-order valence-electron chi connectivity index (χ3n) is 5.20. The van der Waals surface area contributed by atoms with E-state index in [0.717, 1.165) is 18.2 Å². The second kappa shape index (κ2) is 8.14. The van der Waals surface area contributed by atoms with Crippen LogP contribution in [-0.4, -0.2) is 54.8 Å². The van der Waals surface area contributed by atoms with Crippen molar-refractivity contribution in [2.45, 2.75) is 36.9 Å². The molecule has 0 bridgehead atoms. The van der Waals surface area contributed by atoms with Gasteiger partial charge >= 0.3 is 0 Å². The number of amides is 1. The van der Waals surface area contributed by atoms with Crippen LogP contribution in [0.5, 0.6) is 5.75 Å². The molecule has 0 spiro atoms. The molecule has 3 N–H and O–H groups in total. The summed E-state index contributed by atoms with van der Waals surface area (Å²) < 4.78 is 43.8. The van der Waals surface area contributed by atoms with Gasteiger partial charge in [-0.3, -0.25) is 4.79 Å². The lowest BCUT2D eigenvalue weighted by Crippen LogP contribution is -2.37. The van der Waals surface area contributed by atoms with Gasteiger partial charge in [-0.15, -0.1) is 0 Å². The third-order valence-corrected chi connectivity index (χ3v) is 5.68. The maximum absolute atomic E-state index is 14.4. The van der Waals surface area contributed by atoms with Crippen molar-refractivity contribution in [1.82, 2.24) is 19.9 Å². The molecule has 8 nitrogen and oxygen atoms in total. The molecule has 0 radical (unpaired) electrons. The second-order valence-corrected chi connectivity index (χ2v) is 8.11. The first-order valence-corrected chi connectivity index (χ1v) is 10.1. The molecule has 3 heterocycles. The van der Waals surface area contributed by atoms with Crippen LogP contribution >= 0.6 is 11.6 Å². The molecule has 1 aromatic carbocycles. The summed E-state index contributed by atoms with van der Waals surface area (Å²) in [5, 5.41) is 26.1. The number of nitrogens with one attached hydrogen (secondary N) is 1. The van der Waals surface area contributed by atoms with Gasteiger partial charge in [-0.1, -0.05) is 11.6 Å². The van der Waals surface area contributed by atoms with Gasteiger partial charge in [0, 0.05) is 18.2 Å². The van der Waals surface area contributed by atoms with E-state index in [4.69, 9.17) is 11.6 Å². The number of rotatable bonds is 5. The molecule has 0 saturated carbocycles. The first kappa shape index (κ1) is 22.2. The van der Waals surface area contributed by atoms with Crippen molar-refractivity contribution in [3.05, 3.63) is 53.6 Å². The molecule has 4 rings (SSSR count). The molecule has 32 heavy (non-hydrogen) atoms. The summed E-state index contributed by atoms with van der Waals surface area (Å²) in [7, 11) is 0. The van der Waals surface area contributed by atoms with Crippen LogP contribution in [-0.2, 0) is 0 Å². The fourth-order valence-electron chi connectivity index (χ4n) is 3.63. The number of carbonyl (C=O) groups is 1. The molecule has 1 aliphatic heterocycles. The number of benzene rings is 1. The SMILES string of the molecule is C[C@H](O)C(Cl)NC(=O)c1cnn2ccc(N3CC(F)(F)CC3c3cc(F)ccc3O)nc12. The summed E-state index contributed by atoms with van der Waals surface area (Å²) in [6.45, 7) is 0.693. The Bertz CT molecular complexity index is 1170. The lowest BCUT2D eigenvalue weighted by atomic mass is 10.0. The largest absolute Gasteiger partial charge is 0.508 e. The number of halogens is 4. The van der Waals surface area contributed by atoms with Gasteiger partial charge < -0.3 is 20.4 Å². The lowest BCUT2D eigenvalue weighted by molar-refractivity contribution is 0.0222. The number of aromatic hydroxyl groups is 1. The maximum atomic E-state index is 14.4. The summed E-state index contributed by atoms with van der Waals surface area (Å²) >= 11 is 5.88. The average Bonchev–Trinajstić information content (AvgIpc) is 3.29. The van der Waals surface area contributed by atoms with Crippen LogP contribution in [0.1, 0.15) is 35.3 Å². The highest BCUT2D eigenvalue weighted by atomic mass is 35.5. The number of hydrogen-bond donors (Lipinski definition) is 3. The fourth-order valence-corrected chi connectivity index (χ4v) is 3.73. The van der Waals surface area contributed by atoms with Crippen LogP contribution in [0.2, 0.25) is 0 Å². The molecule has 2 aromatic heterocycles. The Hall–Kier alpha value is -3.05. The zero-order valence-electron chi connectivity index (χ0n) is 16.7. The molecule has 2 unspecified atom stereocenters. The number of fused-ring (bicyclic) bond motifs is 1. The molecule has 3 aromatic rings. The van der Waals surface area contributed by atoms with Crippen LogP contribution in [0.15, 0.2) is 36.7 Å². The number of nitrogens with zero attached hydrogens (tertiary/aromatic N) is 4. The van der Waals surface area contributed by atoms with Gasteiger partial charge in [0.1, 0.15) is 28.4 Å². The van der Waals surface area contributed by atoms with E-state index in [0.29, 0.717) is 0 Å². The quantitative estimate of drug-likeness (QED) is 0.392. The Labute approximate surface area is 185 Å². The molecule has 170 valence electrons. The smallest absolute Gasteiger partial charge is 0.267 e. The number of phenolic OH excluding ortho intramolecular Hbond substituents is 1. The Morgan fingerprint density at radius 3 is 2.84 bits per heavy atom. The number of aliphatic hydroxyl groups excluding tert-OH is 1. The van der Waals surface area contributed by atoms with Crippen LogP contribution < -0.4 is 10.2 Å². The Morgan fingerprint density at radius 1 is 1.38 bits per heavy atom. The minimum atomic E-state index is -3.11.